The lowest BCUT2D eigenvalue weighted by Crippen LogP contribution is -2.19. The largest absolute Gasteiger partial charge is 0.443 e. The van der Waals surface area contributed by atoms with E-state index in [9.17, 15) is 4.79 Å². The summed E-state index contributed by atoms with van der Waals surface area (Å²) in [5, 5.41) is 2.49. The van der Waals surface area contributed by atoms with Crippen LogP contribution in [0.15, 0.2) is 4.42 Å². The average Bonchev–Trinajstić information content (AvgIpc) is 2.58. The maximum atomic E-state index is 11.3. The van der Waals surface area contributed by atoms with Crippen LogP contribution in [-0.4, -0.2) is 17.9 Å². The Hall–Kier alpha value is -1.36. The van der Waals surface area contributed by atoms with E-state index in [1.165, 1.54) is 0 Å². The van der Waals surface area contributed by atoms with Crippen LogP contribution in [-0.2, 0) is 0 Å². The highest BCUT2D eigenvalue weighted by molar-refractivity contribution is 5.92. The Morgan fingerprint density at radius 1 is 1.71 bits per heavy atom. The van der Waals surface area contributed by atoms with Crippen LogP contribution >= 0.6 is 0 Å². The van der Waals surface area contributed by atoms with Crippen molar-refractivity contribution in [2.45, 2.75) is 26.3 Å². The number of amides is 1. The van der Waals surface area contributed by atoms with E-state index in [4.69, 9.17) is 10.2 Å². The van der Waals surface area contributed by atoms with Gasteiger partial charge in [0.25, 0.3) is 5.91 Å². The van der Waals surface area contributed by atoms with Crippen molar-refractivity contribution >= 4 is 5.91 Å². The average molecular weight is 197 g/mol. The molecule has 0 saturated carbocycles. The second-order valence-corrected chi connectivity index (χ2v) is 3.05. The molecule has 14 heavy (non-hydrogen) atoms. The second-order valence-electron chi connectivity index (χ2n) is 3.05. The van der Waals surface area contributed by atoms with Crippen LogP contribution in [0.5, 0.6) is 0 Å². The van der Waals surface area contributed by atoms with Crippen molar-refractivity contribution in [3.8, 4) is 0 Å². The number of nitrogens with two attached hydrogens (primary N) is 1. The van der Waals surface area contributed by atoms with E-state index >= 15 is 0 Å². The summed E-state index contributed by atoms with van der Waals surface area (Å²) in [7, 11) is 1.55. The molecular formula is C9H15N3O2. The zero-order valence-corrected chi connectivity index (χ0v) is 8.63. The molecule has 0 aliphatic carbocycles. The number of aryl methyl sites for hydroxylation is 1. The minimum atomic E-state index is -0.249. The monoisotopic (exact) mass is 197 g/mol. The number of hydrogen-bond acceptors (Lipinski definition) is 4. The van der Waals surface area contributed by atoms with Crippen molar-refractivity contribution in [2.75, 3.05) is 7.05 Å². The standard InChI is InChI=1S/C9H15N3O2/c1-4-6(10)9-12-7(5(2)14-9)8(13)11-3/h6H,4,10H2,1-3H3,(H,11,13). The molecule has 1 aromatic heterocycles. The zero-order chi connectivity index (χ0) is 10.7. The molecule has 5 heteroatoms. The molecule has 5 nitrogen and oxygen atoms in total. The summed E-state index contributed by atoms with van der Waals surface area (Å²) in [4.78, 5) is 15.3. The Bertz CT molecular complexity index is 333. The fourth-order valence-electron chi connectivity index (χ4n) is 1.08. The number of hydrogen-bond donors (Lipinski definition) is 2. The molecular weight excluding hydrogens is 182 g/mol. The smallest absolute Gasteiger partial charge is 0.273 e. The fourth-order valence-corrected chi connectivity index (χ4v) is 1.08. The van der Waals surface area contributed by atoms with Gasteiger partial charge in [0.2, 0.25) is 5.89 Å². The van der Waals surface area contributed by atoms with Crippen LogP contribution in [0.3, 0.4) is 0 Å². The molecule has 0 aliphatic rings. The zero-order valence-electron chi connectivity index (χ0n) is 8.63. The molecule has 0 aliphatic heterocycles. The lowest BCUT2D eigenvalue weighted by molar-refractivity contribution is 0.0957. The first-order valence-corrected chi connectivity index (χ1v) is 4.55. The maximum absolute atomic E-state index is 11.3. The summed E-state index contributed by atoms with van der Waals surface area (Å²) >= 11 is 0. The van der Waals surface area contributed by atoms with E-state index in [1.807, 2.05) is 6.92 Å². The third kappa shape index (κ3) is 1.93. The minimum Gasteiger partial charge on any atom is -0.443 e. The molecule has 78 valence electrons. The highest BCUT2D eigenvalue weighted by Gasteiger charge is 2.18. The summed E-state index contributed by atoms with van der Waals surface area (Å²) in [6, 6.07) is -0.243. The Morgan fingerprint density at radius 2 is 2.36 bits per heavy atom. The number of carbonyl (C=O) groups is 1. The van der Waals surface area contributed by atoms with E-state index in [0.717, 1.165) is 6.42 Å². The molecule has 0 spiro atoms. The topological polar surface area (TPSA) is 81.1 Å². The van der Waals surface area contributed by atoms with Crippen LogP contribution in [0, 0.1) is 6.92 Å². The summed E-state index contributed by atoms with van der Waals surface area (Å²) in [5.74, 6) is 0.674. The predicted octanol–water partition coefficient (Wildman–Crippen LogP) is 0.752. The van der Waals surface area contributed by atoms with Crippen LogP contribution in [0.2, 0.25) is 0 Å². The molecule has 3 N–H and O–H groups in total. The van der Waals surface area contributed by atoms with Crippen LogP contribution < -0.4 is 11.1 Å². The molecule has 1 unspecified atom stereocenters. The molecule has 0 bridgehead atoms. The van der Waals surface area contributed by atoms with Crippen molar-refractivity contribution < 1.29 is 9.21 Å². The number of carbonyl (C=O) groups excluding carboxylic acids is 1. The first kappa shape index (κ1) is 10.7. The molecule has 1 atom stereocenters. The van der Waals surface area contributed by atoms with Gasteiger partial charge in [-0.2, -0.15) is 0 Å². The van der Waals surface area contributed by atoms with Gasteiger partial charge in [0, 0.05) is 7.05 Å². The van der Waals surface area contributed by atoms with Crippen molar-refractivity contribution in [3.63, 3.8) is 0 Å². The van der Waals surface area contributed by atoms with Gasteiger partial charge in [-0.25, -0.2) is 4.98 Å². The van der Waals surface area contributed by atoms with Gasteiger partial charge in [-0.1, -0.05) is 6.92 Å². The quantitative estimate of drug-likeness (QED) is 0.749. The van der Waals surface area contributed by atoms with E-state index in [2.05, 4.69) is 10.3 Å². The first-order chi connectivity index (χ1) is 6.60. The fraction of sp³-hybridized carbons (Fsp3) is 0.556. The molecule has 0 fully saturated rings. The highest BCUT2D eigenvalue weighted by Crippen LogP contribution is 2.16. The van der Waals surface area contributed by atoms with E-state index in [0.29, 0.717) is 17.3 Å². The van der Waals surface area contributed by atoms with Gasteiger partial charge in [0.1, 0.15) is 5.76 Å². The molecule has 1 aromatic rings. The molecule has 0 aromatic carbocycles. The third-order valence-electron chi connectivity index (χ3n) is 2.01. The third-order valence-corrected chi connectivity index (χ3v) is 2.01. The van der Waals surface area contributed by atoms with Crippen molar-refractivity contribution in [2.24, 2.45) is 5.73 Å². The van der Waals surface area contributed by atoms with Gasteiger partial charge in [-0.3, -0.25) is 4.79 Å². The second kappa shape index (κ2) is 4.23. The van der Waals surface area contributed by atoms with Crippen LogP contribution in [0.4, 0.5) is 0 Å². The minimum absolute atomic E-state index is 0.243. The number of aromatic nitrogens is 1. The SMILES string of the molecule is CCC(N)c1nc(C(=O)NC)c(C)o1. The summed E-state index contributed by atoms with van der Waals surface area (Å²) < 4.78 is 5.29. The Balaban J connectivity index is 2.98. The van der Waals surface area contributed by atoms with Gasteiger partial charge in [0.05, 0.1) is 6.04 Å². The normalized spacial score (nSPS) is 12.6. The highest BCUT2D eigenvalue weighted by atomic mass is 16.4. The Labute approximate surface area is 82.7 Å². The number of oxazole rings is 1. The first-order valence-electron chi connectivity index (χ1n) is 4.55. The summed E-state index contributed by atoms with van der Waals surface area (Å²) in [6.07, 6.45) is 0.729. The van der Waals surface area contributed by atoms with E-state index in [1.54, 1.807) is 14.0 Å². The van der Waals surface area contributed by atoms with E-state index in [-0.39, 0.29) is 11.9 Å². The number of nitrogens with zero attached hydrogens (tertiary/aromatic N) is 1. The maximum Gasteiger partial charge on any atom is 0.273 e. The van der Waals surface area contributed by atoms with Crippen molar-refractivity contribution in [1.82, 2.24) is 10.3 Å². The summed E-state index contributed by atoms with van der Waals surface area (Å²) in [6.45, 7) is 3.63. The lowest BCUT2D eigenvalue weighted by Gasteiger charge is -2.00. The Morgan fingerprint density at radius 3 is 2.86 bits per heavy atom. The molecule has 0 radical (unpaired) electrons. The van der Waals surface area contributed by atoms with Gasteiger partial charge in [0.15, 0.2) is 5.69 Å². The number of rotatable bonds is 3. The lowest BCUT2D eigenvalue weighted by atomic mass is 10.2. The number of nitrogens with one attached hydrogen (secondary N) is 1. The van der Waals surface area contributed by atoms with Gasteiger partial charge >= 0.3 is 0 Å². The van der Waals surface area contributed by atoms with Crippen molar-refractivity contribution in [3.05, 3.63) is 17.3 Å². The van der Waals surface area contributed by atoms with Gasteiger partial charge < -0.3 is 15.5 Å². The van der Waals surface area contributed by atoms with Gasteiger partial charge in [-0.15, -0.1) is 0 Å². The molecule has 1 amide bonds. The predicted molar refractivity (Wildman–Crippen MR) is 51.8 cm³/mol. The molecule has 0 saturated heterocycles. The molecule has 1 heterocycles. The van der Waals surface area contributed by atoms with Crippen molar-refractivity contribution in [1.29, 1.82) is 0 Å². The van der Waals surface area contributed by atoms with Crippen LogP contribution in [0.25, 0.3) is 0 Å². The van der Waals surface area contributed by atoms with Crippen LogP contribution in [0.1, 0.15) is 41.5 Å². The van der Waals surface area contributed by atoms with E-state index < -0.39 is 0 Å². The van der Waals surface area contributed by atoms with Gasteiger partial charge in [-0.05, 0) is 13.3 Å². The summed E-state index contributed by atoms with van der Waals surface area (Å²) in [5.41, 5.74) is 6.04. The molecule has 1 rings (SSSR count). The Kier molecular flexibility index (Phi) is 3.24.